The van der Waals surface area contributed by atoms with Crippen LogP contribution in [0.2, 0.25) is 0 Å². The fraction of sp³-hybridized carbons (Fsp3) is 0.235. The van der Waals surface area contributed by atoms with E-state index in [-0.39, 0.29) is 0 Å². The van der Waals surface area contributed by atoms with E-state index in [9.17, 15) is 0 Å². The van der Waals surface area contributed by atoms with Crippen molar-refractivity contribution in [1.29, 1.82) is 0 Å². The molecule has 1 aliphatic heterocycles. The lowest BCUT2D eigenvalue weighted by molar-refractivity contribution is 0.122. The minimum absolute atomic E-state index is 0.745. The Kier molecular flexibility index (Phi) is 3.73. The van der Waals surface area contributed by atoms with Gasteiger partial charge in [0.25, 0.3) is 0 Å². The number of nitrogens with zero attached hydrogens (tertiary/aromatic N) is 4. The molecule has 0 radical (unpaired) electrons. The zero-order valence-electron chi connectivity index (χ0n) is 12.6. The Morgan fingerprint density at radius 1 is 1.00 bits per heavy atom. The van der Waals surface area contributed by atoms with Gasteiger partial charge in [-0.1, -0.05) is 18.2 Å². The Hall–Kier alpha value is -2.73. The first-order valence-electron chi connectivity index (χ1n) is 7.65. The highest BCUT2D eigenvalue weighted by Gasteiger charge is 2.13. The molecule has 0 spiro atoms. The Labute approximate surface area is 134 Å². The van der Waals surface area contributed by atoms with Crippen LogP contribution in [-0.2, 0) is 4.74 Å². The molecule has 6 nitrogen and oxygen atoms in total. The van der Waals surface area contributed by atoms with Crippen molar-refractivity contribution in [3.05, 3.63) is 48.9 Å². The number of aromatic nitrogens is 4. The molecule has 0 amide bonds. The SMILES string of the molecule is c1cc(-c2cc(N3CCOCC3)ncn2)cc(-c2ccn[nH]2)c1. The van der Waals surface area contributed by atoms with Gasteiger partial charge in [0.05, 0.1) is 24.6 Å². The quantitative estimate of drug-likeness (QED) is 0.804. The van der Waals surface area contributed by atoms with Gasteiger partial charge < -0.3 is 9.64 Å². The number of H-pyrrole nitrogens is 1. The Morgan fingerprint density at radius 2 is 1.87 bits per heavy atom. The average molecular weight is 307 g/mol. The van der Waals surface area contributed by atoms with Crippen LogP contribution in [0.4, 0.5) is 5.82 Å². The first kappa shape index (κ1) is 13.9. The van der Waals surface area contributed by atoms with Gasteiger partial charge in [0.1, 0.15) is 12.1 Å². The summed E-state index contributed by atoms with van der Waals surface area (Å²) in [5, 5.41) is 7.00. The lowest BCUT2D eigenvalue weighted by Gasteiger charge is -2.27. The number of aromatic amines is 1. The van der Waals surface area contributed by atoms with Gasteiger partial charge >= 0.3 is 0 Å². The van der Waals surface area contributed by atoms with E-state index in [1.807, 2.05) is 18.2 Å². The number of ether oxygens (including phenoxy) is 1. The number of nitrogens with one attached hydrogen (secondary N) is 1. The molecular formula is C17H17N5O. The largest absolute Gasteiger partial charge is 0.378 e. The van der Waals surface area contributed by atoms with Crippen molar-refractivity contribution >= 4 is 5.82 Å². The molecule has 0 saturated carbocycles. The van der Waals surface area contributed by atoms with Gasteiger partial charge in [0.2, 0.25) is 0 Å². The van der Waals surface area contributed by atoms with E-state index in [0.29, 0.717) is 0 Å². The van der Waals surface area contributed by atoms with Gasteiger partial charge in [-0.15, -0.1) is 0 Å². The molecule has 3 heterocycles. The van der Waals surface area contributed by atoms with Crippen molar-refractivity contribution in [2.75, 3.05) is 31.2 Å². The maximum Gasteiger partial charge on any atom is 0.132 e. The van der Waals surface area contributed by atoms with Crippen LogP contribution in [0.15, 0.2) is 48.9 Å². The summed E-state index contributed by atoms with van der Waals surface area (Å²) in [4.78, 5) is 11.1. The van der Waals surface area contributed by atoms with E-state index < -0.39 is 0 Å². The summed E-state index contributed by atoms with van der Waals surface area (Å²) in [7, 11) is 0. The predicted octanol–water partition coefficient (Wildman–Crippen LogP) is 2.37. The fourth-order valence-electron chi connectivity index (χ4n) is 2.73. The van der Waals surface area contributed by atoms with E-state index in [1.165, 1.54) is 0 Å². The van der Waals surface area contributed by atoms with Gasteiger partial charge in [-0.3, -0.25) is 5.10 Å². The molecule has 0 bridgehead atoms. The number of benzene rings is 1. The third-order valence-electron chi connectivity index (χ3n) is 3.96. The molecule has 0 atom stereocenters. The van der Waals surface area contributed by atoms with Gasteiger partial charge in [-0.05, 0) is 12.1 Å². The van der Waals surface area contributed by atoms with Crippen molar-refractivity contribution in [2.45, 2.75) is 0 Å². The summed E-state index contributed by atoms with van der Waals surface area (Å²) in [6, 6.07) is 12.3. The van der Waals surface area contributed by atoms with E-state index in [0.717, 1.165) is 54.6 Å². The van der Waals surface area contributed by atoms with Crippen LogP contribution >= 0.6 is 0 Å². The number of hydrogen-bond donors (Lipinski definition) is 1. The van der Waals surface area contributed by atoms with Crippen LogP contribution in [0.25, 0.3) is 22.5 Å². The zero-order valence-corrected chi connectivity index (χ0v) is 12.6. The first-order chi connectivity index (χ1) is 11.4. The van der Waals surface area contributed by atoms with E-state index >= 15 is 0 Å². The average Bonchev–Trinajstić information content (AvgIpc) is 3.18. The van der Waals surface area contributed by atoms with Gasteiger partial charge in [0.15, 0.2) is 0 Å². The zero-order chi connectivity index (χ0) is 15.5. The van der Waals surface area contributed by atoms with Crippen molar-refractivity contribution in [3.8, 4) is 22.5 Å². The van der Waals surface area contributed by atoms with Crippen LogP contribution in [0.5, 0.6) is 0 Å². The molecule has 2 aromatic heterocycles. The molecule has 1 fully saturated rings. The lowest BCUT2D eigenvalue weighted by Crippen LogP contribution is -2.36. The molecule has 1 aliphatic rings. The molecule has 3 aromatic rings. The Bertz CT molecular complexity index is 781. The number of rotatable bonds is 3. The highest BCUT2D eigenvalue weighted by Crippen LogP contribution is 2.25. The van der Waals surface area contributed by atoms with Crippen LogP contribution in [0, 0.1) is 0 Å². The molecule has 0 unspecified atom stereocenters. The molecule has 6 heteroatoms. The van der Waals surface area contributed by atoms with E-state index in [2.05, 4.69) is 43.3 Å². The molecule has 1 N–H and O–H groups in total. The highest BCUT2D eigenvalue weighted by molar-refractivity contribution is 5.70. The maximum atomic E-state index is 5.40. The second kappa shape index (κ2) is 6.18. The number of morpholine rings is 1. The minimum Gasteiger partial charge on any atom is -0.378 e. The topological polar surface area (TPSA) is 66.9 Å². The van der Waals surface area contributed by atoms with Crippen molar-refractivity contribution < 1.29 is 4.74 Å². The standard InChI is InChI=1S/C17H17N5O/c1-2-13(15-4-5-20-21-15)10-14(3-1)16-11-17(19-12-18-16)22-6-8-23-9-7-22/h1-5,10-12H,6-9H2,(H,20,21). The molecular weight excluding hydrogens is 290 g/mol. The summed E-state index contributed by atoms with van der Waals surface area (Å²) in [6.45, 7) is 3.22. The summed E-state index contributed by atoms with van der Waals surface area (Å²) in [5.41, 5.74) is 4.07. The van der Waals surface area contributed by atoms with Crippen molar-refractivity contribution in [1.82, 2.24) is 20.2 Å². The third-order valence-corrected chi connectivity index (χ3v) is 3.96. The Balaban J connectivity index is 1.66. The lowest BCUT2D eigenvalue weighted by atomic mass is 10.1. The number of hydrogen-bond acceptors (Lipinski definition) is 5. The number of anilines is 1. The fourth-order valence-corrected chi connectivity index (χ4v) is 2.73. The van der Waals surface area contributed by atoms with E-state index in [4.69, 9.17) is 4.74 Å². The minimum atomic E-state index is 0.745. The van der Waals surface area contributed by atoms with E-state index in [1.54, 1.807) is 12.5 Å². The highest BCUT2D eigenvalue weighted by atomic mass is 16.5. The molecule has 116 valence electrons. The summed E-state index contributed by atoms with van der Waals surface area (Å²) in [6.07, 6.45) is 3.38. The van der Waals surface area contributed by atoms with Gasteiger partial charge in [-0.25, -0.2) is 9.97 Å². The van der Waals surface area contributed by atoms with Crippen LogP contribution in [0.3, 0.4) is 0 Å². The van der Waals surface area contributed by atoms with Crippen LogP contribution in [0.1, 0.15) is 0 Å². The summed E-state index contributed by atoms with van der Waals surface area (Å²) >= 11 is 0. The Morgan fingerprint density at radius 3 is 2.70 bits per heavy atom. The van der Waals surface area contributed by atoms with Gasteiger partial charge in [0, 0.05) is 36.5 Å². The molecule has 0 aliphatic carbocycles. The van der Waals surface area contributed by atoms with Gasteiger partial charge in [-0.2, -0.15) is 5.10 Å². The maximum absolute atomic E-state index is 5.40. The third kappa shape index (κ3) is 2.93. The molecule has 4 rings (SSSR count). The smallest absolute Gasteiger partial charge is 0.132 e. The monoisotopic (exact) mass is 307 g/mol. The molecule has 1 aromatic carbocycles. The summed E-state index contributed by atoms with van der Waals surface area (Å²) < 4.78 is 5.40. The van der Waals surface area contributed by atoms with Crippen molar-refractivity contribution in [3.63, 3.8) is 0 Å². The first-order valence-corrected chi connectivity index (χ1v) is 7.65. The molecule has 1 saturated heterocycles. The van der Waals surface area contributed by atoms with Crippen LogP contribution in [-0.4, -0.2) is 46.5 Å². The predicted molar refractivity (Wildman–Crippen MR) is 88.1 cm³/mol. The van der Waals surface area contributed by atoms with Crippen LogP contribution < -0.4 is 4.90 Å². The summed E-state index contributed by atoms with van der Waals surface area (Å²) in [5.74, 6) is 0.949. The normalized spacial score (nSPS) is 14.9. The second-order valence-electron chi connectivity index (χ2n) is 5.41. The van der Waals surface area contributed by atoms with Crippen molar-refractivity contribution in [2.24, 2.45) is 0 Å². The molecule has 23 heavy (non-hydrogen) atoms. The second-order valence-corrected chi connectivity index (χ2v) is 5.41.